The van der Waals surface area contributed by atoms with Gasteiger partial charge in [-0.2, -0.15) is 5.10 Å². The molecule has 3 N–H and O–H groups in total. The van der Waals surface area contributed by atoms with Crippen molar-refractivity contribution in [2.24, 2.45) is 0 Å². The van der Waals surface area contributed by atoms with Gasteiger partial charge >= 0.3 is 0 Å². The summed E-state index contributed by atoms with van der Waals surface area (Å²) in [6, 6.07) is 4.03. The number of aliphatic hydroxyl groups excluding tert-OH is 1. The zero-order chi connectivity index (χ0) is 15.6. The van der Waals surface area contributed by atoms with Crippen molar-refractivity contribution in [3.05, 3.63) is 45.4 Å². The van der Waals surface area contributed by atoms with Crippen LogP contribution in [0.15, 0.2) is 22.7 Å². The first-order valence-electron chi connectivity index (χ1n) is 6.94. The van der Waals surface area contributed by atoms with Crippen LogP contribution in [0.1, 0.15) is 36.9 Å². The van der Waals surface area contributed by atoms with Crippen molar-refractivity contribution in [2.45, 2.75) is 39.3 Å². The van der Waals surface area contributed by atoms with Crippen molar-refractivity contribution in [3.8, 4) is 0 Å². The molecule has 6 heteroatoms. The zero-order valence-corrected chi connectivity index (χ0v) is 13.7. The van der Waals surface area contributed by atoms with Crippen LogP contribution >= 0.6 is 15.9 Å². The molecule has 0 radical (unpaired) electrons. The number of anilines is 1. The van der Waals surface area contributed by atoms with E-state index in [9.17, 15) is 9.50 Å². The summed E-state index contributed by atoms with van der Waals surface area (Å²) in [6.07, 6.45) is 0.261. The molecular formula is C15H19BrFN3O. The Morgan fingerprint density at radius 2 is 2.14 bits per heavy atom. The van der Waals surface area contributed by atoms with Gasteiger partial charge in [-0.3, -0.25) is 4.68 Å². The van der Waals surface area contributed by atoms with Gasteiger partial charge in [0.05, 0.1) is 22.0 Å². The molecule has 0 aliphatic rings. The van der Waals surface area contributed by atoms with Crippen molar-refractivity contribution >= 4 is 21.6 Å². The molecule has 4 nitrogen and oxygen atoms in total. The van der Waals surface area contributed by atoms with Gasteiger partial charge in [-0.25, -0.2) is 4.39 Å². The van der Waals surface area contributed by atoms with Gasteiger partial charge in [0, 0.05) is 24.2 Å². The van der Waals surface area contributed by atoms with Crippen molar-refractivity contribution in [3.63, 3.8) is 0 Å². The molecule has 0 spiro atoms. The lowest BCUT2D eigenvalue weighted by Crippen LogP contribution is -2.10. The number of halogens is 2. The first kappa shape index (κ1) is 16.0. The van der Waals surface area contributed by atoms with Crippen molar-refractivity contribution in [2.75, 3.05) is 5.73 Å². The van der Waals surface area contributed by atoms with Crippen LogP contribution in [0.5, 0.6) is 0 Å². The number of hydrogen-bond acceptors (Lipinski definition) is 3. The normalized spacial score (nSPS) is 12.6. The van der Waals surface area contributed by atoms with E-state index in [1.165, 1.54) is 18.2 Å². The van der Waals surface area contributed by atoms with Gasteiger partial charge in [0.25, 0.3) is 0 Å². The predicted octanol–water partition coefficient (Wildman–Crippen LogP) is 3.23. The van der Waals surface area contributed by atoms with E-state index in [-0.39, 0.29) is 0 Å². The van der Waals surface area contributed by atoms with Gasteiger partial charge in [0.15, 0.2) is 0 Å². The number of nitrogen functional groups attached to an aromatic ring is 1. The Labute approximate surface area is 131 Å². The fourth-order valence-electron chi connectivity index (χ4n) is 2.34. The van der Waals surface area contributed by atoms with E-state index in [4.69, 9.17) is 5.73 Å². The number of aryl methyl sites for hydroxylation is 2. The number of aliphatic hydroxyl groups is 1. The minimum absolute atomic E-state index is 0.328. The van der Waals surface area contributed by atoms with Crippen LogP contribution in [-0.2, 0) is 19.4 Å². The molecule has 0 fully saturated rings. The molecule has 2 aromatic rings. The number of benzene rings is 1. The second kappa shape index (κ2) is 6.58. The summed E-state index contributed by atoms with van der Waals surface area (Å²) in [5.74, 6) is -0.407. The van der Waals surface area contributed by atoms with Gasteiger partial charge in [0.2, 0.25) is 0 Å². The Bertz CT molecular complexity index is 642. The average molecular weight is 356 g/mol. The Morgan fingerprint density at radius 3 is 2.76 bits per heavy atom. The van der Waals surface area contributed by atoms with E-state index in [1.807, 2.05) is 18.5 Å². The van der Waals surface area contributed by atoms with Gasteiger partial charge in [-0.05, 0) is 47.5 Å². The zero-order valence-electron chi connectivity index (χ0n) is 12.1. The smallest absolute Gasteiger partial charge is 0.123 e. The van der Waals surface area contributed by atoms with Crippen LogP contribution in [-0.4, -0.2) is 14.9 Å². The topological polar surface area (TPSA) is 64.1 Å². The quantitative estimate of drug-likeness (QED) is 0.809. The number of aromatic nitrogens is 2. The Balaban J connectivity index is 2.33. The van der Waals surface area contributed by atoms with Gasteiger partial charge in [-0.1, -0.05) is 6.92 Å². The van der Waals surface area contributed by atoms with Crippen molar-refractivity contribution in [1.29, 1.82) is 0 Å². The summed E-state index contributed by atoms with van der Waals surface area (Å²) >= 11 is 3.54. The maximum absolute atomic E-state index is 13.3. The second-order valence-corrected chi connectivity index (χ2v) is 5.66. The molecule has 1 aromatic heterocycles. The number of hydrogen-bond donors (Lipinski definition) is 2. The molecular weight excluding hydrogens is 337 g/mol. The van der Waals surface area contributed by atoms with E-state index >= 15 is 0 Å². The average Bonchev–Trinajstić information content (AvgIpc) is 2.77. The Kier molecular flexibility index (Phi) is 5.00. The Morgan fingerprint density at radius 1 is 1.43 bits per heavy atom. The molecule has 0 aliphatic heterocycles. The fraction of sp³-hybridized carbons (Fsp3) is 0.400. The molecule has 114 valence electrons. The maximum Gasteiger partial charge on any atom is 0.123 e. The molecule has 21 heavy (non-hydrogen) atoms. The van der Waals surface area contributed by atoms with E-state index in [2.05, 4.69) is 21.0 Å². The van der Waals surface area contributed by atoms with Crippen molar-refractivity contribution < 1.29 is 9.50 Å². The molecule has 0 aliphatic carbocycles. The maximum atomic E-state index is 13.3. The highest BCUT2D eigenvalue weighted by Gasteiger charge is 2.20. The lowest BCUT2D eigenvalue weighted by molar-refractivity contribution is 0.175. The third-order valence-electron chi connectivity index (χ3n) is 3.49. The highest BCUT2D eigenvalue weighted by Crippen LogP contribution is 2.29. The van der Waals surface area contributed by atoms with Gasteiger partial charge < -0.3 is 10.8 Å². The number of nitrogens with two attached hydrogens (primary N) is 1. The first-order valence-corrected chi connectivity index (χ1v) is 7.74. The highest BCUT2D eigenvalue weighted by molar-refractivity contribution is 9.10. The van der Waals surface area contributed by atoms with Gasteiger partial charge in [0.1, 0.15) is 5.82 Å². The van der Waals surface area contributed by atoms with E-state index < -0.39 is 11.9 Å². The molecule has 0 bridgehead atoms. The summed E-state index contributed by atoms with van der Waals surface area (Å²) in [5, 5.41) is 14.9. The predicted molar refractivity (Wildman–Crippen MR) is 84.5 cm³/mol. The highest BCUT2D eigenvalue weighted by atomic mass is 79.9. The minimum Gasteiger partial charge on any atom is -0.398 e. The first-order chi connectivity index (χ1) is 9.97. The largest absolute Gasteiger partial charge is 0.398 e. The third kappa shape index (κ3) is 3.27. The van der Waals surface area contributed by atoms with Crippen molar-refractivity contribution in [1.82, 2.24) is 9.78 Å². The van der Waals surface area contributed by atoms with Crippen LogP contribution in [0.25, 0.3) is 0 Å². The number of rotatable bonds is 5. The SMILES string of the molecule is CCc1nn(CC)c(CC(O)c2cc(F)ccc2N)c1Br. The summed E-state index contributed by atoms with van der Waals surface area (Å²) in [7, 11) is 0. The molecule has 1 atom stereocenters. The molecule has 1 unspecified atom stereocenters. The number of nitrogens with zero attached hydrogens (tertiary/aromatic N) is 2. The van der Waals surface area contributed by atoms with Crippen LogP contribution in [0.3, 0.4) is 0 Å². The molecule has 0 saturated carbocycles. The monoisotopic (exact) mass is 355 g/mol. The van der Waals surface area contributed by atoms with Crippen LogP contribution in [0.4, 0.5) is 10.1 Å². The molecule has 1 aromatic carbocycles. The second-order valence-electron chi connectivity index (χ2n) is 4.87. The summed E-state index contributed by atoms with van der Waals surface area (Å²) in [5.41, 5.74) is 8.46. The van der Waals surface area contributed by atoms with Crippen LogP contribution in [0.2, 0.25) is 0 Å². The molecule has 0 saturated heterocycles. The Hall–Kier alpha value is -1.40. The third-order valence-corrected chi connectivity index (χ3v) is 4.40. The van der Waals surface area contributed by atoms with E-state index in [1.54, 1.807) is 0 Å². The summed E-state index contributed by atoms with van der Waals surface area (Å²) in [4.78, 5) is 0. The minimum atomic E-state index is -0.872. The van der Waals surface area contributed by atoms with E-state index in [0.717, 1.165) is 22.3 Å². The molecule has 2 rings (SSSR count). The molecule has 0 amide bonds. The lowest BCUT2D eigenvalue weighted by Gasteiger charge is -2.15. The summed E-state index contributed by atoms with van der Waals surface area (Å²) in [6.45, 7) is 4.72. The molecule has 1 heterocycles. The standard InChI is InChI=1S/C15H19BrFN3O/c1-3-12-15(16)13(20(4-2)19-12)8-14(21)10-7-9(17)5-6-11(10)18/h5-7,14,21H,3-4,8,18H2,1-2H3. The van der Waals surface area contributed by atoms with Gasteiger partial charge in [-0.15, -0.1) is 0 Å². The van der Waals surface area contributed by atoms with Crippen LogP contribution < -0.4 is 5.73 Å². The van der Waals surface area contributed by atoms with E-state index in [0.29, 0.717) is 24.2 Å². The van der Waals surface area contributed by atoms with Crippen LogP contribution in [0, 0.1) is 5.82 Å². The summed E-state index contributed by atoms with van der Waals surface area (Å²) < 4.78 is 16.1. The lowest BCUT2D eigenvalue weighted by atomic mass is 10.0. The fourth-order valence-corrected chi connectivity index (χ4v) is 3.07.